The number of nitrogens with one attached hydrogen (secondary N) is 1. The molecule has 2 aromatic carbocycles. The Hall–Kier alpha value is -2.92. The first-order chi connectivity index (χ1) is 13.1. The lowest BCUT2D eigenvalue weighted by molar-refractivity contribution is 0.0303. The van der Waals surface area contributed by atoms with Crippen LogP contribution >= 0.6 is 0 Å². The molecule has 1 aliphatic rings. The van der Waals surface area contributed by atoms with Gasteiger partial charge in [0.2, 0.25) is 0 Å². The number of benzene rings is 2. The van der Waals surface area contributed by atoms with Crippen LogP contribution in [0, 0.1) is 13.8 Å². The zero-order valence-corrected chi connectivity index (χ0v) is 15.7. The first-order valence-electron chi connectivity index (χ1n) is 9.22. The van der Waals surface area contributed by atoms with Crippen molar-refractivity contribution in [2.24, 2.45) is 0 Å². The van der Waals surface area contributed by atoms with Gasteiger partial charge in [-0.25, -0.2) is 0 Å². The number of aromatic nitrogens is 1. The third-order valence-corrected chi connectivity index (χ3v) is 4.80. The second-order valence-corrected chi connectivity index (χ2v) is 6.97. The van der Waals surface area contributed by atoms with Crippen LogP contribution in [0.5, 0.6) is 0 Å². The zero-order chi connectivity index (χ0) is 18.8. The Balaban J connectivity index is 1.81. The molecule has 27 heavy (non-hydrogen) atoms. The highest BCUT2D eigenvalue weighted by Crippen LogP contribution is 2.30. The van der Waals surface area contributed by atoms with E-state index in [9.17, 15) is 4.79 Å². The summed E-state index contributed by atoms with van der Waals surface area (Å²) in [6.45, 7) is 6.51. The Morgan fingerprint density at radius 3 is 2.52 bits per heavy atom. The fraction of sp³-hybridized carbons (Fsp3) is 0.273. The average molecular weight is 361 g/mol. The van der Waals surface area contributed by atoms with Crippen molar-refractivity contribution in [1.82, 2.24) is 9.88 Å². The summed E-state index contributed by atoms with van der Waals surface area (Å²) in [4.78, 5) is 19.5. The fourth-order valence-corrected chi connectivity index (χ4v) is 3.57. The molecule has 1 saturated heterocycles. The molecule has 1 N–H and O–H groups in total. The maximum atomic E-state index is 13.2. The van der Waals surface area contributed by atoms with Crippen LogP contribution in [0.15, 0.2) is 48.7 Å². The van der Waals surface area contributed by atoms with Gasteiger partial charge in [-0.15, -0.1) is 0 Å². The number of anilines is 2. The van der Waals surface area contributed by atoms with Crippen molar-refractivity contribution in [3.8, 4) is 0 Å². The summed E-state index contributed by atoms with van der Waals surface area (Å²) in [5.74, 6) is -0.0107. The highest BCUT2D eigenvalue weighted by Gasteiger charge is 2.23. The quantitative estimate of drug-likeness (QED) is 0.764. The molecular formula is C22H23N3O2. The van der Waals surface area contributed by atoms with Crippen LogP contribution in [0.4, 0.5) is 11.4 Å². The number of fused-ring (bicyclic) bond motifs is 1. The van der Waals surface area contributed by atoms with E-state index < -0.39 is 0 Å². The van der Waals surface area contributed by atoms with E-state index in [2.05, 4.69) is 42.3 Å². The number of carbonyl (C=O) groups excluding carboxylic acids is 1. The van der Waals surface area contributed by atoms with Crippen LogP contribution in [-0.4, -0.2) is 42.1 Å². The summed E-state index contributed by atoms with van der Waals surface area (Å²) < 4.78 is 5.38. The summed E-state index contributed by atoms with van der Waals surface area (Å²) in [5, 5.41) is 4.44. The SMILES string of the molecule is Cc1cc(C)cc(Nc2c(C(=O)N3CCOCC3)cnc3ccccc23)c1. The van der Waals surface area contributed by atoms with Gasteiger partial charge in [0.05, 0.1) is 30.0 Å². The molecule has 5 heteroatoms. The Morgan fingerprint density at radius 2 is 1.78 bits per heavy atom. The third kappa shape index (κ3) is 3.64. The zero-order valence-electron chi connectivity index (χ0n) is 15.7. The highest BCUT2D eigenvalue weighted by atomic mass is 16.5. The number of amides is 1. The molecule has 0 aliphatic carbocycles. The summed E-state index contributed by atoms with van der Waals surface area (Å²) in [5.41, 5.74) is 5.59. The molecule has 5 nitrogen and oxygen atoms in total. The molecule has 1 aliphatic heterocycles. The Morgan fingerprint density at radius 1 is 1.07 bits per heavy atom. The minimum absolute atomic E-state index is 0.0107. The first-order valence-corrected chi connectivity index (χ1v) is 9.22. The minimum atomic E-state index is -0.0107. The van der Waals surface area contributed by atoms with Gasteiger partial charge in [-0.1, -0.05) is 24.3 Å². The molecule has 3 aromatic rings. The molecule has 0 spiro atoms. The third-order valence-electron chi connectivity index (χ3n) is 4.80. The molecule has 0 unspecified atom stereocenters. The summed E-state index contributed by atoms with van der Waals surface area (Å²) in [6, 6.07) is 14.2. The number of hydrogen-bond donors (Lipinski definition) is 1. The van der Waals surface area contributed by atoms with E-state index in [1.165, 1.54) is 11.1 Å². The smallest absolute Gasteiger partial charge is 0.257 e. The van der Waals surface area contributed by atoms with Gasteiger partial charge in [-0.3, -0.25) is 9.78 Å². The van der Waals surface area contributed by atoms with E-state index >= 15 is 0 Å². The number of nitrogens with zero attached hydrogens (tertiary/aromatic N) is 2. The molecule has 0 saturated carbocycles. The van der Waals surface area contributed by atoms with Crippen LogP contribution in [-0.2, 0) is 4.74 Å². The van der Waals surface area contributed by atoms with E-state index in [0.29, 0.717) is 31.9 Å². The van der Waals surface area contributed by atoms with Crippen LogP contribution < -0.4 is 5.32 Å². The monoisotopic (exact) mass is 361 g/mol. The topological polar surface area (TPSA) is 54.5 Å². The lowest BCUT2D eigenvalue weighted by Crippen LogP contribution is -2.41. The normalized spacial score (nSPS) is 14.4. The maximum absolute atomic E-state index is 13.2. The molecule has 0 radical (unpaired) electrons. The van der Waals surface area contributed by atoms with Gasteiger partial charge in [0.25, 0.3) is 5.91 Å². The lowest BCUT2D eigenvalue weighted by atomic mass is 10.1. The van der Waals surface area contributed by atoms with Gasteiger partial charge < -0.3 is 15.0 Å². The van der Waals surface area contributed by atoms with E-state index in [4.69, 9.17) is 4.74 Å². The molecule has 1 fully saturated rings. The molecule has 0 bridgehead atoms. The van der Waals surface area contributed by atoms with Crippen LogP contribution in [0.2, 0.25) is 0 Å². The lowest BCUT2D eigenvalue weighted by Gasteiger charge is -2.28. The minimum Gasteiger partial charge on any atom is -0.378 e. The van der Waals surface area contributed by atoms with Crippen molar-refractivity contribution < 1.29 is 9.53 Å². The van der Waals surface area contributed by atoms with Gasteiger partial charge in [0.1, 0.15) is 0 Å². The van der Waals surface area contributed by atoms with E-state index in [-0.39, 0.29) is 5.91 Å². The van der Waals surface area contributed by atoms with Gasteiger partial charge in [-0.05, 0) is 43.2 Å². The van der Waals surface area contributed by atoms with Crippen LogP contribution in [0.25, 0.3) is 10.9 Å². The molecule has 0 atom stereocenters. The van der Waals surface area contributed by atoms with Gasteiger partial charge in [-0.2, -0.15) is 0 Å². The predicted molar refractivity (Wildman–Crippen MR) is 108 cm³/mol. The molecule has 1 amide bonds. The van der Waals surface area contributed by atoms with Crippen molar-refractivity contribution in [3.63, 3.8) is 0 Å². The number of para-hydroxylation sites is 1. The second-order valence-electron chi connectivity index (χ2n) is 6.97. The van der Waals surface area contributed by atoms with Crippen molar-refractivity contribution in [2.75, 3.05) is 31.6 Å². The Kier molecular flexibility index (Phi) is 4.77. The fourth-order valence-electron chi connectivity index (χ4n) is 3.57. The van der Waals surface area contributed by atoms with Crippen LogP contribution in [0.3, 0.4) is 0 Å². The number of aryl methyl sites for hydroxylation is 2. The Labute approximate surface area is 159 Å². The first kappa shape index (κ1) is 17.5. The molecule has 2 heterocycles. The number of hydrogen-bond acceptors (Lipinski definition) is 4. The molecule has 1 aromatic heterocycles. The standard InChI is InChI=1S/C22H23N3O2/c1-15-11-16(2)13-17(12-15)24-21-18-5-3-4-6-20(18)23-14-19(21)22(26)25-7-9-27-10-8-25/h3-6,11-14H,7-10H2,1-2H3,(H,23,24). The number of rotatable bonds is 3. The Bertz CT molecular complexity index is 974. The average Bonchev–Trinajstić information content (AvgIpc) is 2.68. The number of pyridine rings is 1. The van der Waals surface area contributed by atoms with Gasteiger partial charge in [0.15, 0.2) is 0 Å². The number of morpholine rings is 1. The largest absolute Gasteiger partial charge is 0.378 e. The van der Waals surface area contributed by atoms with Crippen molar-refractivity contribution in [2.45, 2.75) is 13.8 Å². The second kappa shape index (κ2) is 7.37. The number of ether oxygens (including phenoxy) is 1. The maximum Gasteiger partial charge on any atom is 0.257 e. The highest BCUT2D eigenvalue weighted by molar-refractivity contribution is 6.08. The molecule has 4 rings (SSSR count). The summed E-state index contributed by atoms with van der Waals surface area (Å²) >= 11 is 0. The van der Waals surface area contributed by atoms with E-state index in [0.717, 1.165) is 22.3 Å². The van der Waals surface area contributed by atoms with Crippen molar-refractivity contribution in [3.05, 3.63) is 65.4 Å². The number of carbonyl (C=O) groups is 1. The van der Waals surface area contributed by atoms with Gasteiger partial charge in [0, 0.05) is 30.4 Å². The summed E-state index contributed by atoms with van der Waals surface area (Å²) in [7, 11) is 0. The van der Waals surface area contributed by atoms with Crippen LogP contribution in [0.1, 0.15) is 21.5 Å². The van der Waals surface area contributed by atoms with Crippen molar-refractivity contribution in [1.29, 1.82) is 0 Å². The van der Waals surface area contributed by atoms with Crippen molar-refractivity contribution >= 4 is 28.2 Å². The van der Waals surface area contributed by atoms with E-state index in [1.807, 2.05) is 29.2 Å². The van der Waals surface area contributed by atoms with E-state index in [1.54, 1.807) is 6.20 Å². The van der Waals surface area contributed by atoms with Gasteiger partial charge >= 0.3 is 0 Å². The predicted octanol–water partition coefficient (Wildman–Crippen LogP) is 4.07. The molecular weight excluding hydrogens is 338 g/mol. The molecule has 138 valence electrons. The summed E-state index contributed by atoms with van der Waals surface area (Å²) in [6.07, 6.45) is 1.69.